The number of H-pyrrole nitrogens is 1. The van der Waals surface area contributed by atoms with E-state index in [1.165, 1.54) is 0 Å². The molecule has 1 fully saturated rings. The van der Waals surface area contributed by atoms with Crippen LogP contribution < -0.4 is 16.2 Å². The predicted octanol–water partition coefficient (Wildman–Crippen LogP) is -0.192. The number of aromatic nitrogens is 4. The van der Waals surface area contributed by atoms with Gasteiger partial charge in [-0.05, 0) is 30.2 Å². The number of nitrogen functional groups attached to an aromatic ring is 1. The Balaban J connectivity index is 1.80. The summed E-state index contributed by atoms with van der Waals surface area (Å²) in [4.78, 5) is 25.2. The van der Waals surface area contributed by atoms with Crippen LogP contribution in [0.25, 0.3) is 11.2 Å². The van der Waals surface area contributed by atoms with Crippen molar-refractivity contribution in [3.63, 3.8) is 0 Å². The molecule has 0 aliphatic carbocycles. The highest BCUT2D eigenvalue weighted by molar-refractivity contribution is 5.73. The van der Waals surface area contributed by atoms with Gasteiger partial charge in [0.15, 0.2) is 17.0 Å². The fourth-order valence-corrected chi connectivity index (χ4v) is 3.37. The lowest BCUT2D eigenvalue weighted by molar-refractivity contribution is -0.0434. The van der Waals surface area contributed by atoms with Gasteiger partial charge in [-0.2, -0.15) is 4.98 Å². The Morgan fingerprint density at radius 2 is 2.03 bits per heavy atom. The third-order valence-electron chi connectivity index (χ3n) is 4.94. The first kappa shape index (κ1) is 19.9. The standard InChI is InChI=1S/C20H22N6O4/c1-25(2)12-6-3-11(4-7-12)5-8-15-22-17-18(23-20(21)24-19(17)29)26(15)16-9-13(28)14(10-27)30-16/h3-4,6-7,13-14,16,27-28H,9-10H2,1-2H3,(H3,21,23,24,29)/t13-,14+,16+/m0/s1. The van der Waals surface area contributed by atoms with Crippen molar-refractivity contribution in [1.29, 1.82) is 0 Å². The summed E-state index contributed by atoms with van der Waals surface area (Å²) >= 11 is 0. The number of benzene rings is 1. The average Bonchev–Trinajstić information content (AvgIpc) is 3.26. The maximum atomic E-state index is 12.3. The molecule has 3 aromatic rings. The number of aliphatic hydroxyl groups excluding tert-OH is 2. The largest absolute Gasteiger partial charge is 0.394 e. The zero-order valence-electron chi connectivity index (χ0n) is 16.5. The highest BCUT2D eigenvalue weighted by Gasteiger charge is 2.36. The molecule has 5 N–H and O–H groups in total. The highest BCUT2D eigenvalue weighted by atomic mass is 16.5. The quantitative estimate of drug-likeness (QED) is 0.435. The van der Waals surface area contributed by atoms with Gasteiger partial charge in [0, 0.05) is 31.8 Å². The van der Waals surface area contributed by atoms with Gasteiger partial charge in [0.2, 0.25) is 5.95 Å². The topological polar surface area (TPSA) is 143 Å². The second-order valence-corrected chi connectivity index (χ2v) is 7.23. The molecule has 0 spiro atoms. The Kier molecular flexibility index (Phi) is 5.17. The van der Waals surface area contributed by atoms with Gasteiger partial charge < -0.3 is 25.6 Å². The lowest BCUT2D eigenvalue weighted by Gasteiger charge is -2.15. The van der Waals surface area contributed by atoms with Gasteiger partial charge in [-0.15, -0.1) is 0 Å². The molecule has 4 rings (SSSR count). The fourth-order valence-electron chi connectivity index (χ4n) is 3.37. The maximum Gasteiger partial charge on any atom is 0.280 e. The van der Waals surface area contributed by atoms with Crippen LogP contribution in [0.2, 0.25) is 0 Å². The molecule has 2 aromatic heterocycles. The molecule has 3 atom stereocenters. The zero-order chi connectivity index (χ0) is 21.4. The van der Waals surface area contributed by atoms with E-state index in [1.807, 2.05) is 43.3 Å². The first-order valence-corrected chi connectivity index (χ1v) is 9.39. The van der Waals surface area contributed by atoms with E-state index in [1.54, 1.807) is 4.57 Å². The molecular formula is C20H22N6O4. The van der Waals surface area contributed by atoms with Crippen molar-refractivity contribution in [3.8, 4) is 11.8 Å². The van der Waals surface area contributed by atoms with Gasteiger partial charge in [-0.25, -0.2) is 4.98 Å². The monoisotopic (exact) mass is 410 g/mol. The Morgan fingerprint density at radius 3 is 2.67 bits per heavy atom. The minimum absolute atomic E-state index is 0.0651. The molecule has 1 aliphatic rings. The van der Waals surface area contributed by atoms with E-state index in [0.717, 1.165) is 11.3 Å². The molecule has 30 heavy (non-hydrogen) atoms. The van der Waals surface area contributed by atoms with Gasteiger partial charge in [-0.3, -0.25) is 14.3 Å². The number of imidazole rings is 1. The molecule has 0 radical (unpaired) electrons. The fraction of sp³-hybridized carbons (Fsp3) is 0.350. The van der Waals surface area contributed by atoms with Gasteiger partial charge in [0.1, 0.15) is 12.3 Å². The van der Waals surface area contributed by atoms with E-state index in [2.05, 4.69) is 26.8 Å². The van der Waals surface area contributed by atoms with Crippen molar-refractivity contribution in [2.45, 2.75) is 24.9 Å². The Morgan fingerprint density at radius 1 is 1.30 bits per heavy atom. The molecule has 156 valence electrons. The van der Waals surface area contributed by atoms with Crippen LogP contribution in [-0.2, 0) is 4.74 Å². The second kappa shape index (κ2) is 7.79. The van der Waals surface area contributed by atoms with E-state index in [9.17, 15) is 15.0 Å². The number of ether oxygens (including phenoxy) is 1. The number of nitrogens with zero attached hydrogens (tertiary/aromatic N) is 4. The lowest BCUT2D eigenvalue weighted by atomic mass is 10.2. The number of rotatable bonds is 3. The molecule has 0 unspecified atom stereocenters. The van der Waals surface area contributed by atoms with E-state index in [-0.39, 0.29) is 36.0 Å². The number of hydrogen-bond donors (Lipinski definition) is 4. The second-order valence-electron chi connectivity index (χ2n) is 7.23. The zero-order valence-corrected chi connectivity index (χ0v) is 16.5. The SMILES string of the molecule is CN(C)c1ccc(C#Cc2nc3c(=O)[nH]c(N)nc3n2[C@H]2C[C@H](O)[C@@H](CO)O2)cc1. The number of fused-ring (bicyclic) bond motifs is 1. The molecule has 0 saturated carbocycles. The first-order valence-electron chi connectivity index (χ1n) is 9.39. The number of aromatic amines is 1. The summed E-state index contributed by atoms with van der Waals surface area (Å²) in [5.41, 5.74) is 7.30. The summed E-state index contributed by atoms with van der Waals surface area (Å²) in [5, 5.41) is 19.5. The van der Waals surface area contributed by atoms with Crippen LogP contribution in [0.3, 0.4) is 0 Å². The number of anilines is 2. The van der Waals surface area contributed by atoms with Crippen LogP contribution >= 0.6 is 0 Å². The molecule has 1 aromatic carbocycles. The third-order valence-corrected chi connectivity index (χ3v) is 4.94. The van der Waals surface area contributed by atoms with Crippen molar-refractivity contribution in [3.05, 3.63) is 46.0 Å². The minimum atomic E-state index is -0.865. The van der Waals surface area contributed by atoms with Crippen molar-refractivity contribution in [1.82, 2.24) is 19.5 Å². The van der Waals surface area contributed by atoms with Crippen molar-refractivity contribution >= 4 is 22.8 Å². The summed E-state index contributed by atoms with van der Waals surface area (Å²) in [6.07, 6.45) is -2.12. The van der Waals surface area contributed by atoms with E-state index in [4.69, 9.17) is 10.5 Å². The Labute approximate surface area is 171 Å². The van der Waals surface area contributed by atoms with Crippen molar-refractivity contribution in [2.75, 3.05) is 31.3 Å². The molecule has 10 heteroatoms. The van der Waals surface area contributed by atoms with Crippen molar-refractivity contribution < 1.29 is 14.9 Å². The van der Waals surface area contributed by atoms with Gasteiger partial charge >= 0.3 is 0 Å². The van der Waals surface area contributed by atoms with E-state index in [0.29, 0.717) is 0 Å². The average molecular weight is 410 g/mol. The molecule has 0 bridgehead atoms. The van der Waals surface area contributed by atoms with Crippen LogP contribution in [0.1, 0.15) is 24.0 Å². The summed E-state index contributed by atoms with van der Waals surface area (Å²) in [6.45, 7) is -0.334. The van der Waals surface area contributed by atoms with Crippen LogP contribution in [0.4, 0.5) is 11.6 Å². The summed E-state index contributed by atoms with van der Waals surface area (Å²) in [7, 11) is 3.91. The van der Waals surface area contributed by atoms with E-state index >= 15 is 0 Å². The molecule has 10 nitrogen and oxygen atoms in total. The van der Waals surface area contributed by atoms with Crippen LogP contribution in [0.5, 0.6) is 0 Å². The number of aliphatic hydroxyl groups is 2. The van der Waals surface area contributed by atoms with Crippen LogP contribution in [0, 0.1) is 11.8 Å². The lowest BCUT2D eigenvalue weighted by Crippen LogP contribution is -2.24. The first-order chi connectivity index (χ1) is 14.4. The normalized spacial score (nSPS) is 20.9. The van der Waals surface area contributed by atoms with Gasteiger partial charge in [-0.1, -0.05) is 5.92 Å². The third kappa shape index (κ3) is 3.61. The summed E-state index contributed by atoms with van der Waals surface area (Å²) in [5.74, 6) is 6.19. The van der Waals surface area contributed by atoms with Crippen molar-refractivity contribution in [2.24, 2.45) is 0 Å². The molecule has 1 saturated heterocycles. The molecule has 3 heterocycles. The Hall–Kier alpha value is -3.39. The number of nitrogens with two attached hydrogens (primary N) is 1. The predicted molar refractivity (Wildman–Crippen MR) is 111 cm³/mol. The van der Waals surface area contributed by atoms with E-state index < -0.39 is 24.0 Å². The minimum Gasteiger partial charge on any atom is -0.394 e. The Bertz CT molecular complexity index is 1190. The highest BCUT2D eigenvalue weighted by Crippen LogP contribution is 2.31. The summed E-state index contributed by atoms with van der Waals surface area (Å²) in [6, 6.07) is 7.66. The van der Waals surface area contributed by atoms with Gasteiger partial charge in [0.25, 0.3) is 5.56 Å². The number of hydrogen-bond acceptors (Lipinski definition) is 8. The van der Waals surface area contributed by atoms with Crippen LogP contribution in [0.15, 0.2) is 29.1 Å². The molecule has 0 amide bonds. The smallest absolute Gasteiger partial charge is 0.280 e. The van der Waals surface area contributed by atoms with Crippen LogP contribution in [-0.4, -0.2) is 62.6 Å². The molecular weight excluding hydrogens is 388 g/mol. The summed E-state index contributed by atoms with van der Waals surface area (Å²) < 4.78 is 7.29. The van der Waals surface area contributed by atoms with Gasteiger partial charge in [0.05, 0.1) is 12.7 Å². The maximum absolute atomic E-state index is 12.3. The molecule has 1 aliphatic heterocycles. The number of nitrogens with one attached hydrogen (secondary N) is 1.